The van der Waals surface area contributed by atoms with Crippen molar-refractivity contribution in [1.29, 1.82) is 0 Å². The second-order valence-electron chi connectivity index (χ2n) is 5.42. The molecule has 1 fully saturated rings. The molecule has 118 valence electrons. The lowest BCUT2D eigenvalue weighted by Gasteiger charge is -2.34. The first-order chi connectivity index (χ1) is 10.6. The van der Waals surface area contributed by atoms with Crippen molar-refractivity contribution in [3.05, 3.63) is 22.9 Å². The summed E-state index contributed by atoms with van der Waals surface area (Å²) in [5.74, 6) is 2.46. The average molecular weight is 323 g/mol. The number of nitrogens with zero attached hydrogens (tertiary/aromatic N) is 6. The van der Waals surface area contributed by atoms with Crippen molar-refractivity contribution in [1.82, 2.24) is 24.7 Å². The molecule has 1 atom stereocenters. The summed E-state index contributed by atoms with van der Waals surface area (Å²) in [7, 11) is 1.55. The Kier molecular flexibility index (Phi) is 4.15. The summed E-state index contributed by atoms with van der Waals surface area (Å²) in [5.41, 5.74) is 0. The number of piperidine rings is 1. The van der Waals surface area contributed by atoms with Crippen LogP contribution >= 0.6 is 11.6 Å². The molecule has 1 aliphatic heterocycles. The number of halogens is 1. The second kappa shape index (κ2) is 6.08. The standard InChI is InChI=1S/C14H19ClN6O/c1-9-17-10(2)21(19-9)11-5-4-6-20(8-11)13-12(15)7-16-14(18-13)22-3/h7,11H,4-6,8H2,1-3H3. The predicted molar refractivity (Wildman–Crippen MR) is 83.6 cm³/mol. The Morgan fingerprint density at radius 3 is 2.82 bits per heavy atom. The molecule has 0 amide bonds. The molecule has 3 heterocycles. The van der Waals surface area contributed by atoms with E-state index in [0.717, 1.165) is 37.6 Å². The summed E-state index contributed by atoms with van der Waals surface area (Å²) in [6.07, 6.45) is 3.70. The van der Waals surface area contributed by atoms with Crippen LogP contribution < -0.4 is 9.64 Å². The van der Waals surface area contributed by atoms with E-state index in [1.807, 2.05) is 18.5 Å². The van der Waals surface area contributed by atoms with E-state index in [2.05, 4.69) is 25.0 Å². The maximum atomic E-state index is 6.26. The Balaban J connectivity index is 1.85. The smallest absolute Gasteiger partial charge is 0.318 e. The zero-order valence-electron chi connectivity index (χ0n) is 13.0. The molecule has 0 aliphatic carbocycles. The van der Waals surface area contributed by atoms with Gasteiger partial charge in [0.1, 0.15) is 16.7 Å². The summed E-state index contributed by atoms with van der Waals surface area (Å²) in [5, 5.41) is 5.04. The fourth-order valence-electron chi connectivity index (χ4n) is 2.89. The Labute approximate surface area is 134 Å². The summed E-state index contributed by atoms with van der Waals surface area (Å²) in [4.78, 5) is 15.0. The molecule has 3 rings (SSSR count). The van der Waals surface area contributed by atoms with Crippen LogP contribution in [0.2, 0.25) is 5.02 Å². The third-order valence-electron chi connectivity index (χ3n) is 3.84. The fraction of sp³-hybridized carbons (Fsp3) is 0.571. The van der Waals surface area contributed by atoms with E-state index in [9.17, 15) is 0 Å². The first-order valence-corrected chi connectivity index (χ1v) is 7.67. The Morgan fingerprint density at radius 2 is 2.14 bits per heavy atom. The number of ether oxygens (including phenoxy) is 1. The van der Waals surface area contributed by atoms with Crippen LogP contribution in [-0.2, 0) is 0 Å². The molecular formula is C14H19ClN6O. The third kappa shape index (κ3) is 2.85. The Hall–Kier alpha value is -1.89. The number of anilines is 1. The largest absolute Gasteiger partial charge is 0.467 e. The van der Waals surface area contributed by atoms with Crippen LogP contribution in [0.25, 0.3) is 0 Å². The summed E-state index contributed by atoms with van der Waals surface area (Å²) < 4.78 is 7.11. The first-order valence-electron chi connectivity index (χ1n) is 7.29. The molecule has 0 aromatic carbocycles. The maximum absolute atomic E-state index is 6.26. The molecule has 1 unspecified atom stereocenters. The van der Waals surface area contributed by atoms with Crippen molar-refractivity contribution in [2.45, 2.75) is 32.7 Å². The van der Waals surface area contributed by atoms with Gasteiger partial charge in [-0.1, -0.05) is 11.6 Å². The van der Waals surface area contributed by atoms with Gasteiger partial charge in [-0.15, -0.1) is 0 Å². The monoisotopic (exact) mass is 322 g/mol. The van der Waals surface area contributed by atoms with Gasteiger partial charge in [0.25, 0.3) is 0 Å². The molecule has 22 heavy (non-hydrogen) atoms. The molecule has 1 saturated heterocycles. The Morgan fingerprint density at radius 1 is 1.32 bits per heavy atom. The van der Waals surface area contributed by atoms with Gasteiger partial charge in [-0.3, -0.25) is 0 Å². The lowest BCUT2D eigenvalue weighted by molar-refractivity contribution is 0.361. The van der Waals surface area contributed by atoms with Crippen LogP contribution in [0.4, 0.5) is 5.82 Å². The summed E-state index contributed by atoms with van der Waals surface area (Å²) >= 11 is 6.26. The first kappa shape index (κ1) is 15.0. The molecule has 0 radical (unpaired) electrons. The van der Waals surface area contributed by atoms with E-state index in [4.69, 9.17) is 16.3 Å². The van der Waals surface area contributed by atoms with Gasteiger partial charge >= 0.3 is 6.01 Å². The molecule has 2 aromatic heterocycles. The van der Waals surface area contributed by atoms with Gasteiger partial charge < -0.3 is 9.64 Å². The molecule has 8 heteroatoms. The zero-order valence-corrected chi connectivity index (χ0v) is 13.7. The molecule has 1 aliphatic rings. The topological polar surface area (TPSA) is 69.0 Å². The predicted octanol–water partition coefficient (Wildman–Crippen LogP) is 2.19. The van der Waals surface area contributed by atoms with Gasteiger partial charge in [0.2, 0.25) is 0 Å². The van der Waals surface area contributed by atoms with E-state index in [1.165, 1.54) is 0 Å². The SMILES string of the molecule is COc1ncc(Cl)c(N2CCCC(n3nc(C)nc3C)C2)n1. The number of hydrogen-bond donors (Lipinski definition) is 0. The van der Waals surface area contributed by atoms with Crippen molar-refractivity contribution in [3.63, 3.8) is 0 Å². The maximum Gasteiger partial charge on any atom is 0.318 e. The van der Waals surface area contributed by atoms with Crippen molar-refractivity contribution in [2.75, 3.05) is 25.1 Å². The highest BCUT2D eigenvalue weighted by atomic mass is 35.5. The lowest BCUT2D eigenvalue weighted by Crippen LogP contribution is -2.38. The van der Waals surface area contributed by atoms with Crippen molar-refractivity contribution >= 4 is 17.4 Å². The van der Waals surface area contributed by atoms with Crippen molar-refractivity contribution < 1.29 is 4.74 Å². The minimum absolute atomic E-state index is 0.270. The summed E-state index contributed by atoms with van der Waals surface area (Å²) in [6.45, 7) is 5.60. The van der Waals surface area contributed by atoms with Crippen LogP contribution in [0.15, 0.2) is 6.20 Å². The highest BCUT2D eigenvalue weighted by Crippen LogP contribution is 2.30. The molecule has 7 nitrogen and oxygen atoms in total. The Bertz CT molecular complexity index is 673. The number of rotatable bonds is 3. The normalized spacial score (nSPS) is 18.5. The zero-order chi connectivity index (χ0) is 15.7. The molecule has 0 saturated carbocycles. The van der Waals surface area contributed by atoms with Gasteiger partial charge in [-0.25, -0.2) is 14.6 Å². The number of hydrogen-bond acceptors (Lipinski definition) is 6. The highest BCUT2D eigenvalue weighted by Gasteiger charge is 2.26. The number of aromatic nitrogens is 5. The van der Waals surface area contributed by atoms with E-state index in [1.54, 1.807) is 13.3 Å². The molecular weight excluding hydrogens is 304 g/mol. The van der Waals surface area contributed by atoms with Crippen LogP contribution in [0.5, 0.6) is 6.01 Å². The number of methoxy groups -OCH3 is 1. The third-order valence-corrected chi connectivity index (χ3v) is 4.10. The van der Waals surface area contributed by atoms with Crippen molar-refractivity contribution in [2.24, 2.45) is 0 Å². The average Bonchev–Trinajstić information content (AvgIpc) is 2.86. The van der Waals surface area contributed by atoms with Crippen molar-refractivity contribution in [3.8, 4) is 6.01 Å². The van der Waals surface area contributed by atoms with Gasteiger partial charge in [-0.2, -0.15) is 10.1 Å². The van der Waals surface area contributed by atoms with E-state index < -0.39 is 0 Å². The second-order valence-corrected chi connectivity index (χ2v) is 5.83. The quantitative estimate of drug-likeness (QED) is 0.862. The van der Waals surface area contributed by atoms with Gasteiger partial charge in [0, 0.05) is 13.1 Å². The number of aryl methyl sites for hydroxylation is 2. The van der Waals surface area contributed by atoms with Gasteiger partial charge in [0.05, 0.1) is 19.3 Å². The molecule has 2 aromatic rings. The van der Waals surface area contributed by atoms with E-state index in [-0.39, 0.29) is 6.04 Å². The minimum atomic E-state index is 0.270. The van der Waals surface area contributed by atoms with Crippen LogP contribution in [0, 0.1) is 13.8 Å². The van der Waals surface area contributed by atoms with Crippen LogP contribution in [0.1, 0.15) is 30.5 Å². The molecule has 0 bridgehead atoms. The highest BCUT2D eigenvalue weighted by molar-refractivity contribution is 6.32. The van der Waals surface area contributed by atoms with Crippen LogP contribution in [0.3, 0.4) is 0 Å². The van der Waals surface area contributed by atoms with E-state index >= 15 is 0 Å². The van der Waals surface area contributed by atoms with Gasteiger partial charge in [-0.05, 0) is 26.7 Å². The van der Waals surface area contributed by atoms with E-state index in [0.29, 0.717) is 16.9 Å². The molecule has 0 N–H and O–H groups in total. The minimum Gasteiger partial charge on any atom is -0.467 e. The van der Waals surface area contributed by atoms with Gasteiger partial charge in [0.15, 0.2) is 5.82 Å². The molecule has 0 spiro atoms. The summed E-state index contributed by atoms with van der Waals surface area (Å²) in [6, 6.07) is 0.598. The van der Waals surface area contributed by atoms with Crippen LogP contribution in [-0.4, -0.2) is 44.9 Å². The lowest BCUT2D eigenvalue weighted by atomic mass is 10.1. The fourth-order valence-corrected chi connectivity index (χ4v) is 3.10.